The van der Waals surface area contributed by atoms with E-state index in [1.54, 1.807) is 0 Å². The molecule has 1 aliphatic carbocycles. The van der Waals surface area contributed by atoms with Crippen molar-refractivity contribution in [3.8, 4) is 0 Å². The average Bonchev–Trinajstić information content (AvgIpc) is 2.29. The van der Waals surface area contributed by atoms with Gasteiger partial charge in [-0.25, -0.2) is 0 Å². The van der Waals surface area contributed by atoms with Crippen LogP contribution in [0.3, 0.4) is 0 Å². The molecule has 1 unspecified atom stereocenters. The molecule has 84 valence electrons. The summed E-state index contributed by atoms with van der Waals surface area (Å²) >= 11 is 0. The molecule has 0 fully saturated rings. The lowest BCUT2D eigenvalue weighted by molar-refractivity contribution is -0.147. The summed E-state index contributed by atoms with van der Waals surface area (Å²) < 4.78 is 4.78. The molecule has 1 aromatic rings. The van der Waals surface area contributed by atoms with Gasteiger partial charge in [-0.3, -0.25) is 4.79 Å². The molecule has 0 heterocycles. The number of aryl methyl sites for hydroxylation is 1. The van der Waals surface area contributed by atoms with Gasteiger partial charge in [0.05, 0.1) is 7.11 Å². The summed E-state index contributed by atoms with van der Waals surface area (Å²) in [4.78, 5) is 11.7. The van der Waals surface area contributed by atoms with Crippen LogP contribution < -0.4 is 11.2 Å². The van der Waals surface area contributed by atoms with Crippen molar-refractivity contribution in [1.82, 2.24) is 0 Å². The number of methoxy groups -OCH3 is 1. The minimum Gasteiger partial charge on any atom is -0.468 e. The molecular weight excluding hydrogens is 201 g/mol. The zero-order valence-corrected chi connectivity index (χ0v) is 9.75. The molecule has 0 aliphatic heterocycles. The molecule has 2 N–H and O–H groups in total. The minimum atomic E-state index is -0.839. The largest absolute Gasteiger partial charge is 0.468 e. The van der Waals surface area contributed by atoms with E-state index in [-0.39, 0.29) is 5.97 Å². The van der Waals surface area contributed by atoms with Crippen LogP contribution in [0.1, 0.15) is 17.5 Å². The van der Waals surface area contributed by atoms with Crippen LogP contribution in [0, 0.1) is 0 Å². The highest BCUT2D eigenvalue weighted by atomic mass is 16.5. The standard InChI is InChI=1S/C12H16BNO2/c1-16-11(15)12(14)6-5-8-3-2-4-10(13)9(8)7-12/h2-4H,5-7,13-14H2,1H3. The molecule has 3 nitrogen and oxygen atoms in total. The summed E-state index contributed by atoms with van der Waals surface area (Å²) in [6.07, 6.45) is 2.10. The first-order valence-corrected chi connectivity index (χ1v) is 5.51. The normalized spacial score (nSPS) is 23.6. The van der Waals surface area contributed by atoms with Crippen LogP contribution in [0.4, 0.5) is 0 Å². The van der Waals surface area contributed by atoms with Crippen LogP contribution in [-0.4, -0.2) is 26.5 Å². The molecule has 0 spiro atoms. The number of benzene rings is 1. The number of nitrogens with two attached hydrogens (primary N) is 1. The molecule has 16 heavy (non-hydrogen) atoms. The molecule has 0 radical (unpaired) electrons. The highest BCUT2D eigenvalue weighted by Gasteiger charge is 2.38. The third-order valence-corrected chi connectivity index (χ3v) is 3.43. The minimum absolute atomic E-state index is 0.304. The fourth-order valence-corrected chi connectivity index (χ4v) is 2.39. The van der Waals surface area contributed by atoms with E-state index in [4.69, 9.17) is 10.5 Å². The molecule has 1 atom stereocenters. The Morgan fingerprint density at radius 2 is 2.31 bits per heavy atom. The Bertz CT molecular complexity index is 433. The van der Waals surface area contributed by atoms with Crippen LogP contribution in [-0.2, 0) is 22.4 Å². The van der Waals surface area contributed by atoms with Gasteiger partial charge in [-0.05, 0) is 24.0 Å². The third kappa shape index (κ3) is 1.73. The van der Waals surface area contributed by atoms with Crippen LogP contribution in [0.2, 0.25) is 0 Å². The Morgan fingerprint density at radius 1 is 1.56 bits per heavy atom. The van der Waals surface area contributed by atoms with E-state index in [1.807, 2.05) is 0 Å². The van der Waals surface area contributed by atoms with E-state index in [2.05, 4.69) is 26.0 Å². The molecule has 0 saturated carbocycles. The van der Waals surface area contributed by atoms with Gasteiger partial charge in [0.25, 0.3) is 0 Å². The monoisotopic (exact) mass is 217 g/mol. The van der Waals surface area contributed by atoms with E-state index in [1.165, 1.54) is 23.7 Å². The second-order valence-corrected chi connectivity index (χ2v) is 4.54. The molecule has 1 aromatic carbocycles. The summed E-state index contributed by atoms with van der Waals surface area (Å²) in [7, 11) is 3.45. The number of rotatable bonds is 1. The molecule has 0 aromatic heterocycles. The second kappa shape index (κ2) is 3.94. The zero-order valence-electron chi connectivity index (χ0n) is 9.75. The maximum atomic E-state index is 11.7. The van der Waals surface area contributed by atoms with Crippen molar-refractivity contribution >= 4 is 19.3 Å². The van der Waals surface area contributed by atoms with E-state index in [0.717, 1.165) is 6.42 Å². The lowest BCUT2D eigenvalue weighted by Crippen LogP contribution is -2.53. The van der Waals surface area contributed by atoms with Gasteiger partial charge in [0, 0.05) is 6.42 Å². The van der Waals surface area contributed by atoms with E-state index < -0.39 is 5.54 Å². The molecular formula is C12H16BNO2. The first-order chi connectivity index (χ1) is 7.57. The molecule has 0 amide bonds. The van der Waals surface area contributed by atoms with Crippen molar-refractivity contribution in [2.75, 3.05) is 7.11 Å². The van der Waals surface area contributed by atoms with Crippen LogP contribution in [0.15, 0.2) is 18.2 Å². The van der Waals surface area contributed by atoms with Crippen molar-refractivity contribution < 1.29 is 9.53 Å². The number of esters is 1. The number of carbonyl (C=O) groups is 1. The van der Waals surface area contributed by atoms with Crippen LogP contribution in [0.5, 0.6) is 0 Å². The molecule has 4 heteroatoms. The first kappa shape index (κ1) is 11.2. The summed E-state index contributed by atoms with van der Waals surface area (Å²) in [5, 5.41) is 0. The van der Waals surface area contributed by atoms with Crippen molar-refractivity contribution in [3.63, 3.8) is 0 Å². The summed E-state index contributed by atoms with van der Waals surface area (Å²) in [5.41, 5.74) is 9.01. The topological polar surface area (TPSA) is 52.3 Å². The number of hydrogen-bond acceptors (Lipinski definition) is 3. The molecule has 0 bridgehead atoms. The average molecular weight is 217 g/mol. The Hall–Kier alpha value is -1.29. The van der Waals surface area contributed by atoms with E-state index >= 15 is 0 Å². The smallest absolute Gasteiger partial charge is 0.326 e. The maximum absolute atomic E-state index is 11.7. The number of ether oxygens (including phenoxy) is 1. The number of fused-ring (bicyclic) bond motifs is 1. The Kier molecular flexibility index (Phi) is 2.76. The highest BCUT2D eigenvalue weighted by molar-refractivity contribution is 6.33. The van der Waals surface area contributed by atoms with Crippen molar-refractivity contribution in [1.29, 1.82) is 0 Å². The fraction of sp³-hybridized carbons (Fsp3) is 0.417. The summed E-state index contributed by atoms with van der Waals surface area (Å²) in [6.45, 7) is 0. The maximum Gasteiger partial charge on any atom is 0.326 e. The molecule has 2 rings (SSSR count). The van der Waals surface area contributed by atoms with Crippen LogP contribution >= 0.6 is 0 Å². The van der Waals surface area contributed by atoms with Crippen molar-refractivity contribution in [2.45, 2.75) is 24.8 Å². The van der Waals surface area contributed by atoms with Gasteiger partial charge in [-0.15, -0.1) is 0 Å². The lowest BCUT2D eigenvalue weighted by Gasteiger charge is -2.33. The predicted molar refractivity (Wildman–Crippen MR) is 65.6 cm³/mol. The summed E-state index contributed by atoms with van der Waals surface area (Å²) in [6, 6.07) is 6.22. The van der Waals surface area contributed by atoms with Gasteiger partial charge in [0.2, 0.25) is 0 Å². The highest BCUT2D eigenvalue weighted by Crippen LogP contribution is 2.26. The van der Waals surface area contributed by atoms with Crippen molar-refractivity contribution in [3.05, 3.63) is 29.3 Å². The van der Waals surface area contributed by atoms with E-state index in [9.17, 15) is 4.79 Å². The SMILES string of the molecule is Bc1cccc2c1CC(N)(C(=O)OC)CC2. The van der Waals surface area contributed by atoms with Gasteiger partial charge in [0.15, 0.2) is 0 Å². The lowest BCUT2D eigenvalue weighted by atomic mass is 9.73. The van der Waals surface area contributed by atoms with E-state index in [0.29, 0.717) is 12.8 Å². The van der Waals surface area contributed by atoms with Crippen LogP contribution in [0.25, 0.3) is 0 Å². The quantitative estimate of drug-likeness (QED) is 0.500. The zero-order chi connectivity index (χ0) is 11.8. The Labute approximate surface area is 96.4 Å². The van der Waals surface area contributed by atoms with Crippen molar-refractivity contribution in [2.24, 2.45) is 5.73 Å². The number of hydrogen-bond donors (Lipinski definition) is 1. The van der Waals surface area contributed by atoms with Gasteiger partial charge in [-0.2, -0.15) is 0 Å². The van der Waals surface area contributed by atoms with Gasteiger partial charge >= 0.3 is 5.97 Å². The fourth-order valence-electron chi connectivity index (χ4n) is 2.39. The molecule has 1 aliphatic rings. The predicted octanol–water partition coefficient (Wildman–Crippen LogP) is -0.696. The second-order valence-electron chi connectivity index (χ2n) is 4.54. The Morgan fingerprint density at radius 3 is 3.00 bits per heavy atom. The molecule has 0 saturated heterocycles. The number of carbonyl (C=O) groups excluding carboxylic acids is 1. The van der Waals surface area contributed by atoms with Gasteiger partial charge in [-0.1, -0.05) is 23.7 Å². The van der Waals surface area contributed by atoms with Gasteiger partial charge in [0.1, 0.15) is 13.4 Å². The third-order valence-electron chi connectivity index (χ3n) is 3.43. The van der Waals surface area contributed by atoms with Gasteiger partial charge < -0.3 is 10.5 Å². The Balaban J connectivity index is 2.36. The first-order valence-electron chi connectivity index (χ1n) is 5.51. The summed E-state index contributed by atoms with van der Waals surface area (Å²) in [5.74, 6) is -0.304.